The van der Waals surface area contributed by atoms with Gasteiger partial charge in [-0.1, -0.05) is 42.2 Å². The Morgan fingerprint density at radius 1 is 1.17 bits per heavy atom. The fourth-order valence-electron chi connectivity index (χ4n) is 2.72. The maximum atomic E-state index is 12.9. The Bertz CT molecular complexity index is 1110. The Kier molecular flexibility index (Phi) is 6.30. The first-order chi connectivity index (χ1) is 13.7. The van der Waals surface area contributed by atoms with Crippen molar-refractivity contribution in [1.29, 1.82) is 0 Å². The van der Waals surface area contributed by atoms with Gasteiger partial charge in [0.15, 0.2) is 15.8 Å². The van der Waals surface area contributed by atoms with Crippen molar-refractivity contribution in [3.05, 3.63) is 58.5 Å². The summed E-state index contributed by atoms with van der Waals surface area (Å²) < 4.78 is 33.8. The van der Waals surface area contributed by atoms with Crippen LogP contribution in [0.5, 0.6) is 11.5 Å². The van der Waals surface area contributed by atoms with Gasteiger partial charge in [-0.25, -0.2) is 0 Å². The molecule has 29 heavy (non-hydrogen) atoms. The molecule has 2 aromatic carbocycles. The summed E-state index contributed by atoms with van der Waals surface area (Å²) >= 11 is 6.61. The number of hydrogen-bond acceptors (Lipinski definition) is 7. The number of aryl methyl sites for hydroxylation is 1. The summed E-state index contributed by atoms with van der Waals surface area (Å²) in [7, 11) is -3.69. The molecule has 6 nitrogen and oxygen atoms in total. The van der Waals surface area contributed by atoms with Gasteiger partial charge >= 0.3 is 10.1 Å². The van der Waals surface area contributed by atoms with E-state index in [-0.39, 0.29) is 17.4 Å². The Balaban J connectivity index is 1.92. The number of rotatable bonds is 6. The Labute approximate surface area is 179 Å². The number of thioether (sulfide) groups is 1. The van der Waals surface area contributed by atoms with Crippen LogP contribution in [0.15, 0.2) is 47.4 Å². The normalized spacial score (nSPS) is 15.8. The fourth-order valence-corrected chi connectivity index (χ4v) is 4.49. The zero-order chi connectivity index (χ0) is 21.2. The molecule has 0 radical (unpaired) electrons. The van der Waals surface area contributed by atoms with Crippen molar-refractivity contribution in [1.82, 2.24) is 0 Å². The lowest BCUT2D eigenvalue weighted by molar-refractivity contribution is -0.113. The zero-order valence-corrected chi connectivity index (χ0v) is 18.5. The fraction of sp³-hybridized carbons (Fsp3) is 0.200. The summed E-state index contributed by atoms with van der Waals surface area (Å²) in [6.07, 6.45) is 2.66. The number of carbonyl (C=O) groups is 1. The number of anilines is 1. The lowest BCUT2D eigenvalue weighted by atomic mass is 10.1. The minimum absolute atomic E-state index is 0.0961. The minimum Gasteiger partial charge on any atom is -0.490 e. The maximum absolute atomic E-state index is 12.9. The van der Waals surface area contributed by atoms with Gasteiger partial charge in [-0.05, 0) is 55.3 Å². The monoisotopic (exact) mass is 449 g/mol. The van der Waals surface area contributed by atoms with E-state index in [4.69, 9.17) is 21.1 Å². The summed E-state index contributed by atoms with van der Waals surface area (Å²) in [4.78, 5) is 14.9. The summed E-state index contributed by atoms with van der Waals surface area (Å²) in [6.45, 7) is 4.06. The molecule has 9 heteroatoms. The van der Waals surface area contributed by atoms with E-state index < -0.39 is 10.1 Å². The average molecular weight is 450 g/mol. The van der Waals surface area contributed by atoms with Gasteiger partial charge in [0.2, 0.25) is 0 Å². The van der Waals surface area contributed by atoms with Crippen LogP contribution in [0.2, 0.25) is 0 Å². The number of carbonyl (C=O) groups excluding carboxylic acids is 1. The first-order valence-electron chi connectivity index (χ1n) is 8.69. The Morgan fingerprint density at radius 3 is 2.59 bits per heavy atom. The van der Waals surface area contributed by atoms with Gasteiger partial charge in [0, 0.05) is 0 Å². The zero-order valence-electron chi connectivity index (χ0n) is 16.0. The summed E-state index contributed by atoms with van der Waals surface area (Å²) in [5.74, 6) is 0.166. The quantitative estimate of drug-likeness (QED) is 0.373. The van der Waals surface area contributed by atoms with E-state index in [0.717, 1.165) is 17.5 Å². The first kappa shape index (κ1) is 21.4. The highest BCUT2D eigenvalue weighted by atomic mass is 32.2. The predicted molar refractivity (Wildman–Crippen MR) is 120 cm³/mol. The molecular formula is C20H19NO5S3. The van der Waals surface area contributed by atoms with Crippen LogP contribution in [0.25, 0.3) is 6.08 Å². The molecular weight excluding hydrogens is 430 g/mol. The number of hydrogen-bond donors (Lipinski definition) is 0. The molecule has 1 amide bonds. The van der Waals surface area contributed by atoms with Crippen LogP contribution in [0.3, 0.4) is 0 Å². The van der Waals surface area contributed by atoms with E-state index in [9.17, 15) is 13.2 Å². The van der Waals surface area contributed by atoms with Gasteiger partial charge in [-0.3, -0.25) is 9.69 Å². The third-order valence-corrected chi connectivity index (χ3v) is 5.64. The standard InChI is InChI=1S/C20H19NO5S3/c1-4-25-17-11-14(8-9-16(17)26-29(3,23)24)12-18-19(22)21(20(27)28-18)15-7-5-6-13(2)10-15/h5-12H,4H2,1-3H3. The molecule has 1 saturated heterocycles. The highest BCUT2D eigenvalue weighted by Gasteiger charge is 2.33. The molecule has 0 atom stereocenters. The molecule has 0 aliphatic carbocycles. The topological polar surface area (TPSA) is 72.9 Å². The second-order valence-electron chi connectivity index (χ2n) is 6.28. The smallest absolute Gasteiger partial charge is 0.306 e. The molecule has 0 saturated carbocycles. The molecule has 1 fully saturated rings. The second kappa shape index (κ2) is 8.56. The highest BCUT2D eigenvalue weighted by molar-refractivity contribution is 8.27. The van der Waals surface area contributed by atoms with Crippen LogP contribution in [0, 0.1) is 6.92 Å². The lowest BCUT2D eigenvalue weighted by Gasteiger charge is -2.14. The number of benzene rings is 2. The third-order valence-electron chi connectivity index (χ3n) is 3.86. The molecule has 3 rings (SSSR count). The number of amides is 1. The van der Waals surface area contributed by atoms with Gasteiger partial charge < -0.3 is 8.92 Å². The van der Waals surface area contributed by atoms with Gasteiger partial charge in [0.25, 0.3) is 5.91 Å². The number of thiocarbonyl (C=S) groups is 1. The second-order valence-corrected chi connectivity index (χ2v) is 9.53. The lowest BCUT2D eigenvalue weighted by Crippen LogP contribution is -2.27. The van der Waals surface area contributed by atoms with Crippen LogP contribution in [-0.2, 0) is 14.9 Å². The maximum Gasteiger partial charge on any atom is 0.306 e. The molecule has 0 spiro atoms. The van der Waals surface area contributed by atoms with Crippen LogP contribution in [0.4, 0.5) is 5.69 Å². The largest absolute Gasteiger partial charge is 0.490 e. The van der Waals surface area contributed by atoms with Gasteiger partial charge in [0.1, 0.15) is 0 Å². The predicted octanol–water partition coefficient (Wildman–Crippen LogP) is 4.14. The van der Waals surface area contributed by atoms with Crippen molar-refractivity contribution in [3.63, 3.8) is 0 Å². The van der Waals surface area contributed by atoms with E-state index in [0.29, 0.717) is 21.4 Å². The van der Waals surface area contributed by atoms with Crippen LogP contribution < -0.4 is 13.8 Å². The average Bonchev–Trinajstić information content (AvgIpc) is 2.90. The van der Waals surface area contributed by atoms with Crippen LogP contribution >= 0.6 is 24.0 Å². The van der Waals surface area contributed by atoms with E-state index >= 15 is 0 Å². The summed E-state index contributed by atoms with van der Waals surface area (Å²) in [5, 5.41) is 0. The molecule has 0 aromatic heterocycles. The van der Waals surface area contributed by atoms with Crippen LogP contribution in [-0.4, -0.2) is 31.5 Å². The first-order valence-corrected chi connectivity index (χ1v) is 11.7. The van der Waals surface area contributed by atoms with Crippen molar-refractivity contribution in [2.24, 2.45) is 0 Å². The van der Waals surface area contributed by atoms with E-state index in [1.54, 1.807) is 25.1 Å². The SMILES string of the molecule is CCOc1cc(C=C2SC(=S)N(c3cccc(C)c3)C2=O)ccc1OS(C)(=O)=O. The van der Waals surface area contributed by atoms with E-state index in [2.05, 4.69) is 0 Å². The summed E-state index contributed by atoms with van der Waals surface area (Å²) in [6, 6.07) is 12.3. The van der Waals surface area contributed by atoms with Crippen LogP contribution in [0.1, 0.15) is 18.1 Å². The molecule has 2 aromatic rings. The highest BCUT2D eigenvalue weighted by Crippen LogP contribution is 2.37. The number of ether oxygens (including phenoxy) is 1. The Morgan fingerprint density at radius 2 is 1.93 bits per heavy atom. The Hall–Kier alpha value is -2.36. The molecule has 0 N–H and O–H groups in total. The van der Waals surface area contributed by atoms with Gasteiger partial charge in [-0.15, -0.1) is 0 Å². The van der Waals surface area contributed by atoms with Crippen molar-refractivity contribution in [3.8, 4) is 11.5 Å². The van der Waals surface area contributed by atoms with Crippen molar-refractivity contribution in [2.45, 2.75) is 13.8 Å². The summed E-state index contributed by atoms with van der Waals surface area (Å²) in [5.41, 5.74) is 2.42. The molecule has 1 heterocycles. The van der Waals surface area contributed by atoms with Gasteiger partial charge in [-0.2, -0.15) is 8.42 Å². The number of nitrogens with zero attached hydrogens (tertiary/aromatic N) is 1. The molecule has 1 aliphatic heterocycles. The molecule has 0 bridgehead atoms. The van der Waals surface area contributed by atoms with Crippen molar-refractivity contribution >= 4 is 56.1 Å². The van der Waals surface area contributed by atoms with E-state index in [1.165, 1.54) is 22.7 Å². The minimum atomic E-state index is -3.69. The van der Waals surface area contributed by atoms with Crippen molar-refractivity contribution in [2.75, 3.05) is 17.8 Å². The van der Waals surface area contributed by atoms with E-state index in [1.807, 2.05) is 31.2 Å². The molecule has 152 valence electrons. The molecule has 0 unspecified atom stereocenters. The van der Waals surface area contributed by atoms with Crippen molar-refractivity contribution < 1.29 is 22.1 Å². The molecule has 1 aliphatic rings. The van der Waals surface area contributed by atoms with Gasteiger partial charge in [0.05, 0.1) is 23.5 Å². The third kappa shape index (κ3) is 5.17.